The average Bonchev–Trinajstić information content (AvgIpc) is 2.53. The van der Waals surface area contributed by atoms with E-state index in [1.165, 1.54) is 13.2 Å². The minimum atomic E-state index is -0.526. The van der Waals surface area contributed by atoms with Gasteiger partial charge in [-0.3, -0.25) is 0 Å². The molecule has 110 valence electrons. The lowest BCUT2D eigenvalue weighted by molar-refractivity contribution is 0.0601. The molecule has 5 heteroatoms. The van der Waals surface area contributed by atoms with Gasteiger partial charge in [0.1, 0.15) is 5.58 Å². The van der Waals surface area contributed by atoms with Crippen molar-refractivity contribution in [2.45, 2.75) is 0 Å². The number of hydrogen-bond donors (Lipinski definition) is 0. The predicted molar refractivity (Wildman–Crippen MR) is 84.3 cm³/mol. The Balaban J connectivity index is 2.15. The summed E-state index contributed by atoms with van der Waals surface area (Å²) in [5, 5.41) is 1.03. The van der Waals surface area contributed by atoms with Gasteiger partial charge in [0.25, 0.3) is 0 Å². The number of esters is 1. The summed E-state index contributed by atoms with van der Waals surface area (Å²) >= 11 is 6.09. The molecule has 0 spiro atoms. The van der Waals surface area contributed by atoms with E-state index in [0.717, 1.165) is 5.39 Å². The quantitative estimate of drug-likeness (QED) is 0.532. The van der Waals surface area contributed by atoms with Crippen molar-refractivity contribution in [2.75, 3.05) is 7.11 Å². The van der Waals surface area contributed by atoms with Crippen LogP contribution in [0.1, 0.15) is 10.4 Å². The number of carbonyl (C=O) groups is 1. The maximum absolute atomic E-state index is 12.1. The average molecular weight is 315 g/mol. The van der Waals surface area contributed by atoms with Crippen molar-refractivity contribution in [3.63, 3.8) is 0 Å². The van der Waals surface area contributed by atoms with Crippen molar-refractivity contribution in [3.05, 3.63) is 69.5 Å². The first-order chi connectivity index (χ1) is 10.6. The number of hydrogen-bond acceptors (Lipinski definition) is 4. The summed E-state index contributed by atoms with van der Waals surface area (Å²) in [6, 6.07) is 13.7. The molecule has 0 aliphatic heterocycles. The van der Waals surface area contributed by atoms with Gasteiger partial charge in [-0.15, -0.1) is 0 Å². The molecular weight excluding hydrogens is 304 g/mol. The Morgan fingerprint density at radius 2 is 1.91 bits per heavy atom. The van der Waals surface area contributed by atoms with Gasteiger partial charge in [0, 0.05) is 5.39 Å². The molecule has 0 aliphatic rings. The van der Waals surface area contributed by atoms with Gasteiger partial charge in [0.05, 0.1) is 23.3 Å². The largest absolute Gasteiger partial charge is 0.465 e. The van der Waals surface area contributed by atoms with Crippen LogP contribution in [-0.4, -0.2) is 13.1 Å². The number of fused-ring (bicyclic) bond motifs is 1. The van der Waals surface area contributed by atoms with Gasteiger partial charge in [0.15, 0.2) is 0 Å². The van der Waals surface area contributed by atoms with Gasteiger partial charge in [-0.1, -0.05) is 35.9 Å². The number of carbonyl (C=O) groups excluding carboxylic acids is 1. The third-order valence-corrected chi connectivity index (χ3v) is 3.64. The zero-order valence-electron chi connectivity index (χ0n) is 11.6. The summed E-state index contributed by atoms with van der Waals surface area (Å²) < 4.78 is 9.94. The number of halogens is 1. The molecule has 1 heterocycles. The van der Waals surface area contributed by atoms with E-state index >= 15 is 0 Å². The molecule has 0 saturated carbocycles. The first-order valence-corrected chi connectivity index (χ1v) is 6.89. The van der Waals surface area contributed by atoms with Crippen molar-refractivity contribution >= 4 is 28.5 Å². The Bertz CT molecular complexity index is 927. The fourth-order valence-corrected chi connectivity index (χ4v) is 2.48. The molecular formula is C17H11ClO4. The molecule has 2 aromatic carbocycles. The number of ether oxygens (including phenoxy) is 1. The van der Waals surface area contributed by atoms with Crippen molar-refractivity contribution in [1.29, 1.82) is 0 Å². The molecule has 0 unspecified atom stereocenters. The van der Waals surface area contributed by atoms with Gasteiger partial charge < -0.3 is 9.15 Å². The second-order valence-electron chi connectivity index (χ2n) is 4.67. The smallest absolute Gasteiger partial charge is 0.344 e. The summed E-state index contributed by atoms with van der Waals surface area (Å²) in [5.41, 5.74) is 1.28. The van der Waals surface area contributed by atoms with Crippen molar-refractivity contribution in [2.24, 2.45) is 0 Å². The van der Waals surface area contributed by atoms with Crippen LogP contribution in [0.25, 0.3) is 22.1 Å². The summed E-state index contributed by atoms with van der Waals surface area (Å²) in [4.78, 5) is 23.7. The Labute approximate surface area is 130 Å². The lowest BCUT2D eigenvalue weighted by Gasteiger charge is -2.06. The Morgan fingerprint density at radius 3 is 2.64 bits per heavy atom. The fourth-order valence-electron chi connectivity index (χ4n) is 2.22. The van der Waals surface area contributed by atoms with Crippen molar-refractivity contribution in [1.82, 2.24) is 0 Å². The molecule has 22 heavy (non-hydrogen) atoms. The number of para-hydroxylation sites is 1. The number of benzene rings is 2. The highest BCUT2D eigenvalue weighted by Crippen LogP contribution is 2.26. The molecule has 0 fully saturated rings. The maximum Gasteiger partial charge on any atom is 0.344 e. The van der Waals surface area contributed by atoms with E-state index < -0.39 is 11.6 Å². The summed E-state index contributed by atoms with van der Waals surface area (Å²) in [6.07, 6.45) is 0. The van der Waals surface area contributed by atoms with Crippen LogP contribution in [0.4, 0.5) is 0 Å². The molecule has 0 radical (unpaired) electrons. The van der Waals surface area contributed by atoms with Crippen LogP contribution >= 0.6 is 11.6 Å². The molecule has 0 bridgehead atoms. The van der Waals surface area contributed by atoms with E-state index in [9.17, 15) is 9.59 Å². The third kappa shape index (κ3) is 2.49. The van der Waals surface area contributed by atoms with E-state index in [0.29, 0.717) is 16.7 Å². The molecule has 0 saturated heterocycles. The van der Waals surface area contributed by atoms with Crippen LogP contribution in [0, 0.1) is 0 Å². The normalized spacial score (nSPS) is 10.6. The highest BCUT2D eigenvalue weighted by molar-refractivity contribution is 6.33. The second-order valence-corrected chi connectivity index (χ2v) is 5.08. The van der Waals surface area contributed by atoms with Gasteiger partial charge >= 0.3 is 11.6 Å². The van der Waals surface area contributed by atoms with E-state index in [2.05, 4.69) is 4.74 Å². The van der Waals surface area contributed by atoms with Crippen LogP contribution in [0.2, 0.25) is 5.02 Å². The summed E-state index contributed by atoms with van der Waals surface area (Å²) in [5.74, 6) is -0.526. The minimum Gasteiger partial charge on any atom is -0.465 e. The SMILES string of the molecule is COC(=O)c1ccc(-c2cc3ccccc3oc2=O)cc1Cl. The van der Waals surface area contributed by atoms with Crippen LogP contribution < -0.4 is 5.63 Å². The first kappa shape index (κ1) is 14.4. The lowest BCUT2D eigenvalue weighted by atomic mass is 10.0. The molecule has 1 aromatic heterocycles. The topological polar surface area (TPSA) is 56.5 Å². The molecule has 0 amide bonds. The van der Waals surface area contributed by atoms with E-state index in [-0.39, 0.29) is 10.6 Å². The zero-order valence-corrected chi connectivity index (χ0v) is 12.4. The number of methoxy groups -OCH3 is 1. The minimum absolute atomic E-state index is 0.219. The summed E-state index contributed by atoms with van der Waals surface area (Å²) in [7, 11) is 1.28. The molecule has 3 rings (SSSR count). The molecule has 3 aromatic rings. The lowest BCUT2D eigenvalue weighted by Crippen LogP contribution is -2.05. The van der Waals surface area contributed by atoms with Crippen molar-refractivity contribution < 1.29 is 13.9 Å². The fraction of sp³-hybridized carbons (Fsp3) is 0.0588. The highest BCUT2D eigenvalue weighted by atomic mass is 35.5. The van der Waals surface area contributed by atoms with E-state index in [4.69, 9.17) is 16.0 Å². The monoisotopic (exact) mass is 314 g/mol. The van der Waals surface area contributed by atoms with Crippen LogP contribution in [0.5, 0.6) is 0 Å². The Kier molecular flexibility index (Phi) is 3.69. The molecule has 0 N–H and O–H groups in total. The van der Waals surface area contributed by atoms with E-state index in [1.807, 2.05) is 12.1 Å². The van der Waals surface area contributed by atoms with Gasteiger partial charge in [0.2, 0.25) is 0 Å². The number of rotatable bonds is 2. The molecule has 4 nitrogen and oxygen atoms in total. The zero-order chi connectivity index (χ0) is 15.7. The Hall–Kier alpha value is -2.59. The third-order valence-electron chi connectivity index (χ3n) is 3.33. The first-order valence-electron chi connectivity index (χ1n) is 6.51. The maximum atomic E-state index is 12.1. The van der Waals surface area contributed by atoms with Gasteiger partial charge in [-0.2, -0.15) is 0 Å². The van der Waals surface area contributed by atoms with Crippen LogP contribution in [0.3, 0.4) is 0 Å². The predicted octanol–water partition coefficient (Wildman–Crippen LogP) is 3.90. The van der Waals surface area contributed by atoms with Crippen LogP contribution in [-0.2, 0) is 4.74 Å². The Morgan fingerprint density at radius 1 is 1.14 bits per heavy atom. The second kappa shape index (κ2) is 5.66. The van der Waals surface area contributed by atoms with Crippen molar-refractivity contribution in [3.8, 4) is 11.1 Å². The molecule has 0 aliphatic carbocycles. The van der Waals surface area contributed by atoms with Gasteiger partial charge in [-0.25, -0.2) is 9.59 Å². The van der Waals surface area contributed by atoms with E-state index in [1.54, 1.807) is 30.3 Å². The van der Waals surface area contributed by atoms with Gasteiger partial charge in [-0.05, 0) is 29.8 Å². The highest BCUT2D eigenvalue weighted by Gasteiger charge is 2.14. The molecule has 0 atom stereocenters. The summed E-state index contributed by atoms with van der Waals surface area (Å²) in [6.45, 7) is 0. The standard InChI is InChI=1S/C17H11ClO4/c1-21-16(19)12-7-6-10(9-14(12)18)13-8-11-4-2-3-5-15(11)22-17(13)20/h2-9H,1H3. The van der Waals surface area contributed by atoms with Crippen LogP contribution in [0.15, 0.2) is 57.7 Å².